The minimum atomic E-state index is 0.726. The van der Waals surface area contributed by atoms with E-state index in [0.717, 1.165) is 28.8 Å². The third kappa shape index (κ3) is 1.46. The molecule has 1 aromatic carbocycles. The molecule has 0 saturated carbocycles. The van der Waals surface area contributed by atoms with Crippen LogP contribution in [0.4, 0.5) is 0 Å². The van der Waals surface area contributed by atoms with Gasteiger partial charge in [0.15, 0.2) is 6.29 Å². The van der Waals surface area contributed by atoms with Crippen molar-refractivity contribution in [3.05, 3.63) is 47.7 Å². The second kappa shape index (κ2) is 3.50. The van der Waals surface area contributed by atoms with Crippen molar-refractivity contribution in [2.75, 3.05) is 0 Å². The molecule has 2 aromatic rings. The second-order valence-electron chi connectivity index (χ2n) is 3.25. The van der Waals surface area contributed by atoms with E-state index in [4.69, 9.17) is 0 Å². The van der Waals surface area contributed by atoms with Gasteiger partial charge in [0.1, 0.15) is 0 Å². The molecule has 0 radical (unpaired) electrons. The van der Waals surface area contributed by atoms with E-state index in [2.05, 4.69) is 4.98 Å². The van der Waals surface area contributed by atoms with Crippen LogP contribution >= 0.6 is 0 Å². The maximum absolute atomic E-state index is 10.7. The predicted molar refractivity (Wildman–Crippen MR) is 56.4 cm³/mol. The maximum atomic E-state index is 10.7. The number of rotatable bonds is 2. The number of carbonyl (C=O) groups is 1. The standard InChI is InChI=1S/C12H11NO/c1-9-11(8-14)7-12(13-9)10-5-3-2-4-6-10/h2-8,13H,1H3. The van der Waals surface area contributed by atoms with E-state index < -0.39 is 0 Å². The fourth-order valence-corrected chi connectivity index (χ4v) is 1.47. The summed E-state index contributed by atoms with van der Waals surface area (Å²) in [6, 6.07) is 11.8. The van der Waals surface area contributed by atoms with Crippen LogP contribution in [-0.4, -0.2) is 11.3 Å². The maximum Gasteiger partial charge on any atom is 0.151 e. The molecule has 0 unspecified atom stereocenters. The predicted octanol–water partition coefficient (Wildman–Crippen LogP) is 2.80. The first kappa shape index (κ1) is 8.75. The molecule has 0 spiro atoms. The van der Waals surface area contributed by atoms with Gasteiger partial charge in [-0.25, -0.2) is 0 Å². The van der Waals surface area contributed by atoms with Gasteiger partial charge >= 0.3 is 0 Å². The van der Waals surface area contributed by atoms with E-state index in [9.17, 15) is 4.79 Å². The smallest absolute Gasteiger partial charge is 0.151 e. The third-order valence-corrected chi connectivity index (χ3v) is 2.27. The average Bonchev–Trinajstić information content (AvgIpc) is 2.61. The molecule has 0 amide bonds. The van der Waals surface area contributed by atoms with Crippen LogP contribution in [0.3, 0.4) is 0 Å². The highest BCUT2D eigenvalue weighted by Gasteiger charge is 2.04. The Hall–Kier alpha value is -1.83. The number of nitrogens with one attached hydrogen (secondary N) is 1. The first-order chi connectivity index (χ1) is 6.81. The summed E-state index contributed by atoms with van der Waals surface area (Å²) in [7, 11) is 0. The number of aryl methyl sites for hydroxylation is 1. The number of H-pyrrole nitrogens is 1. The molecule has 1 aromatic heterocycles. The zero-order valence-electron chi connectivity index (χ0n) is 7.95. The Kier molecular flexibility index (Phi) is 2.19. The van der Waals surface area contributed by atoms with Crippen LogP contribution in [0.5, 0.6) is 0 Å². The lowest BCUT2D eigenvalue weighted by molar-refractivity contribution is 0.112. The summed E-state index contributed by atoms with van der Waals surface area (Å²) in [4.78, 5) is 13.8. The zero-order chi connectivity index (χ0) is 9.97. The SMILES string of the molecule is Cc1[nH]c(-c2ccccc2)cc1C=O. The van der Waals surface area contributed by atoms with Crippen LogP contribution in [-0.2, 0) is 0 Å². The molecule has 1 N–H and O–H groups in total. The lowest BCUT2D eigenvalue weighted by Gasteiger charge is -1.95. The average molecular weight is 185 g/mol. The molecule has 2 rings (SSSR count). The highest BCUT2D eigenvalue weighted by molar-refractivity contribution is 5.80. The molecule has 0 aliphatic carbocycles. The second-order valence-corrected chi connectivity index (χ2v) is 3.25. The molecule has 14 heavy (non-hydrogen) atoms. The van der Waals surface area contributed by atoms with Crippen LogP contribution < -0.4 is 0 Å². The molecule has 0 aliphatic heterocycles. The molecular weight excluding hydrogens is 174 g/mol. The van der Waals surface area contributed by atoms with Crippen molar-refractivity contribution >= 4 is 6.29 Å². The Morgan fingerprint density at radius 3 is 2.50 bits per heavy atom. The van der Waals surface area contributed by atoms with Crippen molar-refractivity contribution in [1.29, 1.82) is 0 Å². The molecule has 0 saturated heterocycles. The largest absolute Gasteiger partial charge is 0.358 e. The highest BCUT2D eigenvalue weighted by Crippen LogP contribution is 2.20. The van der Waals surface area contributed by atoms with E-state index in [-0.39, 0.29) is 0 Å². The van der Waals surface area contributed by atoms with Gasteiger partial charge in [0.25, 0.3) is 0 Å². The van der Waals surface area contributed by atoms with Gasteiger partial charge in [-0.3, -0.25) is 4.79 Å². The lowest BCUT2D eigenvalue weighted by atomic mass is 10.1. The molecule has 0 bridgehead atoms. The fraction of sp³-hybridized carbons (Fsp3) is 0.0833. The van der Waals surface area contributed by atoms with Gasteiger partial charge in [0.2, 0.25) is 0 Å². The number of hydrogen-bond acceptors (Lipinski definition) is 1. The zero-order valence-corrected chi connectivity index (χ0v) is 7.95. The van der Waals surface area contributed by atoms with Crippen LogP contribution in [0.25, 0.3) is 11.3 Å². The van der Waals surface area contributed by atoms with Crippen molar-refractivity contribution in [2.24, 2.45) is 0 Å². The van der Waals surface area contributed by atoms with Crippen molar-refractivity contribution in [2.45, 2.75) is 6.92 Å². The van der Waals surface area contributed by atoms with E-state index in [1.54, 1.807) is 0 Å². The summed E-state index contributed by atoms with van der Waals surface area (Å²) in [5.74, 6) is 0. The summed E-state index contributed by atoms with van der Waals surface area (Å²) < 4.78 is 0. The summed E-state index contributed by atoms with van der Waals surface area (Å²) in [6.07, 6.45) is 0.873. The van der Waals surface area contributed by atoms with Gasteiger partial charge in [0, 0.05) is 17.0 Å². The van der Waals surface area contributed by atoms with Gasteiger partial charge < -0.3 is 4.98 Å². The first-order valence-corrected chi connectivity index (χ1v) is 4.51. The number of hydrogen-bond donors (Lipinski definition) is 1. The summed E-state index contributed by atoms with van der Waals surface area (Å²) in [5.41, 5.74) is 3.73. The molecule has 2 nitrogen and oxygen atoms in total. The van der Waals surface area contributed by atoms with Crippen LogP contribution in [0.1, 0.15) is 16.1 Å². The monoisotopic (exact) mass is 185 g/mol. The Labute approximate surface area is 82.6 Å². The number of carbonyl (C=O) groups excluding carboxylic acids is 1. The fourth-order valence-electron chi connectivity index (χ4n) is 1.47. The molecule has 70 valence electrons. The highest BCUT2D eigenvalue weighted by atomic mass is 16.1. The number of aldehydes is 1. The minimum absolute atomic E-state index is 0.726. The first-order valence-electron chi connectivity index (χ1n) is 4.51. The summed E-state index contributed by atoms with van der Waals surface area (Å²) >= 11 is 0. The van der Waals surface area contributed by atoms with E-state index in [0.29, 0.717) is 0 Å². The summed E-state index contributed by atoms with van der Waals surface area (Å²) in [5, 5.41) is 0. The molecule has 2 heteroatoms. The van der Waals surface area contributed by atoms with Gasteiger partial charge in [0.05, 0.1) is 0 Å². The number of aromatic nitrogens is 1. The minimum Gasteiger partial charge on any atom is -0.358 e. The third-order valence-electron chi connectivity index (χ3n) is 2.27. The normalized spacial score (nSPS) is 10.1. The lowest BCUT2D eigenvalue weighted by Crippen LogP contribution is -1.78. The van der Waals surface area contributed by atoms with Gasteiger partial charge in [-0.2, -0.15) is 0 Å². The van der Waals surface area contributed by atoms with Gasteiger partial charge in [-0.05, 0) is 18.6 Å². The van der Waals surface area contributed by atoms with Crippen LogP contribution in [0.2, 0.25) is 0 Å². The Balaban J connectivity index is 2.48. The van der Waals surface area contributed by atoms with Crippen LogP contribution in [0.15, 0.2) is 36.4 Å². The Bertz CT molecular complexity index is 443. The summed E-state index contributed by atoms with van der Waals surface area (Å²) in [6.45, 7) is 1.90. The van der Waals surface area contributed by atoms with E-state index in [1.807, 2.05) is 43.3 Å². The van der Waals surface area contributed by atoms with E-state index in [1.165, 1.54) is 0 Å². The Morgan fingerprint density at radius 2 is 1.93 bits per heavy atom. The van der Waals surface area contributed by atoms with Gasteiger partial charge in [-0.1, -0.05) is 30.3 Å². The van der Waals surface area contributed by atoms with Crippen molar-refractivity contribution in [3.8, 4) is 11.3 Å². The van der Waals surface area contributed by atoms with Crippen molar-refractivity contribution in [3.63, 3.8) is 0 Å². The number of aromatic amines is 1. The molecule has 0 fully saturated rings. The molecular formula is C12H11NO. The number of benzene rings is 1. The Morgan fingerprint density at radius 1 is 1.21 bits per heavy atom. The van der Waals surface area contributed by atoms with Gasteiger partial charge in [-0.15, -0.1) is 0 Å². The van der Waals surface area contributed by atoms with Crippen molar-refractivity contribution in [1.82, 2.24) is 4.98 Å². The van der Waals surface area contributed by atoms with Crippen molar-refractivity contribution < 1.29 is 4.79 Å². The molecule has 1 heterocycles. The quantitative estimate of drug-likeness (QED) is 0.717. The molecule has 0 aliphatic rings. The molecule has 0 atom stereocenters. The van der Waals surface area contributed by atoms with E-state index >= 15 is 0 Å². The van der Waals surface area contributed by atoms with Crippen LogP contribution in [0, 0.1) is 6.92 Å². The topological polar surface area (TPSA) is 32.9 Å².